The van der Waals surface area contributed by atoms with E-state index in [1.54, 1.807) is 30.5 Å². The number of benzene rings is 2. The van der Waals surface area contributed by atoms with Crippen molar-refractivity contribution in [2.24, 2.45) is 0 Å². The third-order valence-corrected chi connectivity index (χ3v) is 6.30. The molecule has 0 aliphatic carbocycles. The molecular formula is C22H17Cl2N3O2S. The Kier molecular flexibility index (Phi) is 5.64. The molecule has 4 rings (SSSR count). The Labute approximate surface area is 186 Å². The van der Waals surface area contributed by atoms with E-state index in [9.17, 15) is 9.59 Å². The van der Waals surface area contributed by atoms with Crippen molar-refractivity contribution < 1.29 is 4.79 Å². The van der Waals surface area contributed by atoms with Gasteiger partial charge in [-0.05, 0) is 43.7 Å². The zero-order valence-corrected chi connectivity index (χ0v) is 18.5. The number of hydrogen-bond acceptors (Lipinski definition) is 4. The molecule has 8 heteroatoms. The standard InChI is InChI=1S/C22H17Cl2N3O2S/c1-3-27-10-16(20(28)15-8-9-17(24)12(2)19(15)27)21(29)26-22-25-18(11-30-22)13-4-6-14(23)7-5-13/h4-11H,3H2,1-2H3,(H,25,26,29). The van der Waals surface area contributed by atoms with Gasteiger partial charge in [0, 0.05) is 39.1 Å². The topological polar surface area (TPSA) is 64.0 Å². The number of thiazole rings is 1. The number of rotatable bonds is 4. The number of nitrogens with one attached hydrogen (secondary N) is 1. The van der Waals surface area contributed by atoms with Crippen molar-refractivity contribution in [1.82, 2.24) is 9.55 Å². The average Bonchev–Trinajstić information content (AvgIpc) is 3.19. The van der Waals surface area contributed by atoms with Gasteiger partial charge in [0.2, 0.25) is 5.43 Å². The van der Waals surface area contributed by atoms with Gasteiger partial charge in [0.15, 0.2) is 5.13 Å². The number of carbonyl (C=O) groups is 1. The summed E-state index contributed by atoms with van der Waals surface area (Å²) in [5.41, 5.74) is 2.90. The van der Waals surface area contributed by atoms with Gasteiger partial charge in [-0.1, -0.05) is 35.3 Å². The second-order valence-electron chi connectivity index (χ2n) is 6.73. The molecule has 0 spiro atoms. The molecule has 2 heterocycles. The minimum atomic E-state index is -0.492. The SMILES string of the molecule is CCn1cc(C(=O)Nc2nc(-c3ccc(Cl)cc3)cs2)c(=O)c2ccc(Cl)c(C)c21. The average molecular weight is 458 g/mol. The smallest absolute Gasteiger partial charge is 0.262 e. The van der Waals surface area contributed by atoms with Crippen LogP contribution in [-0.4, -0.2) is 15.5 Å². The monoisotopic (exact) mass is 457 g/mol. The molecule has 0 bridgehead atoms. The Bertz CT molecular complexity index is 1330. The van der Waals surface area contributed by atoms with Gasteiger partial charge < -0.3 is 4.57 Å². The van der Waals surface area contributed by atoms with Crippen LogP contribution in [0.4, 0.5) is 5.13 Å². The van der Waals surface area contributed by atoms with Crippen molar-refractivity contribution in [2.75, 3.05) is 5.32 Å². The van der Waals surface area contributed by atoms with E-state index in [0.717, 1.165) is 22.3 Å². The molecule has 2 aromatic carbocycles. The van der Waals surface area contributed by atoms with Crippen molar-refractivity contribution in [3.8, 4) is 11.3 Å². The quantitative estimate of drug-likeness (QED) is 0.407. The third-order valence-electron chi connectivity index (χ3n) is 4.88. The molecule has 2 aromatic heterocycles. The van der Waals surface area contributed by atoms with E-state index >= 15 is 0 Å². The lowest BCUT2D eigenvalue weighted by molar-refractivity contribution is 0.102. The first-order chi connectivity index (χ1) is 14.4. The highest BCUT2D eigenvalue weighted by Gasteiger charge is 2.18. The number of pyridine rings is 1. The third kappa shape index (κ3) is 3.74. The fourth-order valence-electron chi connectivity index (χ4n) is 3.31. The highest BCUT2D eigenvalue weighted by atomic mass is 35.5. The van der Waals surface area contributed by atoms with Gasteiger partial charge in [0.1, 0.15) is 5.56 Å². The molecule has 30 heavy (non-hydrogen) atoms. The summed E-state index contributed by atoms with van der Waals surface area (Å²) >= 11 is 13.5. The predicted octanol–water partition coefficient (Wildman–Crippen LogP) is 6.01. The van der Waals surface area contributed by atoms with Crippen molar-refractivity contribution in [2.45, 2.75) is 20.4 Å². The summed E-state index contributed by atoms with van der Waals surface area (Å²) in [6, 6.07) is 10.6. The van der Waals surface area contributed by atoms with Gasteiger partial charge in [0.05, 0.1) is 11.2 Å². The van der Waals surface area contributed by atoms with Gasteiger partial charge in [-0.15, -0.1) is 11.3 Å². The zero-order chi connectivity index (χ0) is 21.4. The summed E-state index contributed by atoms with van der Waals surface area (Å²) < 4.78 is 1.87. The largest absolute Gasteiger partial charge is 0.346 e. The normalized spacial score (nSPS) is 11.1. The maximum atomic E-state index is 13.0. The molecule has 0 unspecified atom stereocenters. The number of hydrogen-bond donors (Lipinski definition) is 1. The predicted molar refractivity (Wildman–Crippen MR) is 124 cm³/mol. The zero-order valence-electron chi connectivity index (χ0n) is 16.2. The fraction of sp³-hybridized carbons (Fsp3) is 0.136. The lowest BCUT2D eigenvalue weighted by Gasteiger charge is -2.14. The summed E-state index contributed by atoms with van der Waals surface area (Å²) in [4.78, 5) is 30.3. The summed E-state index contributed by atoms with van der Waals surface area (Å²) in [5, 5.41) is 6.69. The molecule has 152 valence electrons. The Balaban J connectivity index is 1.69. The van der Waals surface area contributed by atoms with Crippen LogP contribution in [0.2, 0.25) is 10.0 Å². The molecule has 1 amide bonds. The van der Waals surface area contributed by atoms with Crippen LogP contribution < -0.4 is 10.7 Å². The molecule has 5 nitrogen and oxygen atoms in total. The summed E-state index contributed by atoms with van der Waals surface area (Å²) in [6.07, 6.45) is 1.58. The number of halogens is 2. The van der Waals surface area contributed by atoms with Gasteiger partial charge >= 0.3 is 0 Å². The van der Waals surface area contributed by atoms with Gasteiger partial charge in [0.25, 0.3) is 5.91 Å². The number of nitrogens with zero attached hydrogens (tertiary/aromatic N) is 2. The maximum absolute atomic E-state index is 13.0. The summed E-state index contributed by atoms with van der Waals surface area (Å²) in [6.45, 7) is 4.41. The lowest BCUT2D eigenvalue weighted by atomic mass is 10.1. The number of amides is 1. The molecule has 0 fully saturated rings. The van der Waals surface area contributed by atoms with Crippen LogP contribution in [0.3, 0.4) is 0 Å². The summed E-state index contributed by atoms with van der Waals surface area (Å²) in [7, 11) is 0. The Morgan fingerprint density at radius 2 is 1.90 bits per heavy atom. The Morgan fingerprint density at radius 1 is 1.17 bits per heavy atom. The minimum absolute atomic E-state index is 0.0642. The second kappa shape index (κ2) is 8.22. The molecule has 1 N–H and O–H groups in total. The number of aryl methyl sites for hydroxylation is 2. The molecular weight excluding hydrogens is 441 g/mol. The second-order valence-corrected chi connectivity index (χ2v) is 8.43. The molecule has 0 radical (unpaired) electrons. The van der Waals surface area contributed by atoms with Crippen LogP contribution in [0.15, 0.2) is 52.8 Å². The van der Waals surface area contributed by atoms with E-state index in [2.05, 4.69) is 10.3 Å². The molecule has 0 saturated heterocycles. The first-order valence-electron chi connectivity index (χ1n) is 9.24. The first-order valence-corrected chi connectivity index (χ1v) is 10.9. The summed E-state index contributed by atoms with van der Waals surface area (Å²) in [5.74, 6) is -0.492. The highest BCUT2D eigenvalue weighted by Crippen LogP contribution is 2.27. The molecule has 4 aromatic rings. The van der Waals surface area contributed by atoms with Crippen molar-refractivity contribution >= 4 is 56.5 Å². The molecule has 0 aliphatic rings. The van der Waals surface area contributed by atoms with Crippen LogP contribution in [0.1, 0.15) is 22.8 Å². The van der Waals surface area contributed by atoms with Crippen LogP contribution >= 0.6 is 34.5 Å². The maximum Gasteiger partial charge on any atom is 0.262 e. The molecule has 0 saturated carbocycles. The number of aromatic nitrogens is 2. The van der Waals surface area contributed by atoms with E-state index in [1.807, 2.05) is 35.9 Å². The van der Waals surface area contributed by atoms with E-state index in [0.29, 0.717) is 27.1 Å². The van der Waals surface area contributed by atoms with Gasteiger partial charge in [-0.25, -0.2) is 4.98 Å². The van der Waals surface area contributed by atoms with Gasteiger partial charge in [-0.2, -0.15) is 0 Å². The Hall–Kier alpha value is -2.67. The van der Waals surface area contributed by atoms with E-state index in [4.69, 9.17) is 23.2 Å². The van der Waals surface area contributed by atoms with E-state index in [-0.39, 0.29) is 11.0 Å². The number of anilines is 1. The Morgan fingerprint density at radius 3 is 2.60 bits per heavy atom. The fourth-order valence-corrected chi connectivity index (χ4v) is 4.31. The van der Waals surface area contributed by atoms with Crippen LogP contribution in [0.5, 0.6) is 0 Å². The van der Waals surface area contributed by atoms with Crippen molar-refractivity contribution in [3.05, 3.63) is 79.4 Å². The van der Waals surface area contributed by atoms with Crippen LogP contribution in [0.25, 0.3) is 22.2 Å². The first kappa shape index (κ1) is 20.6. The number of fused-ring (bicyclic) bond motifs is 1. The van der Waals surface area contributed by atoms with Crippen LogP contribution in [-0.2, 0) is 6.54 Å². The number of carbonyl (C=O) groups excluding carboxylic acids is 1. The van der Waals surface area contributed by atoms with Gasteiger partial charge in [-0.3, -0.25) is 14.9 Å². The molecule has 0 aliphatic heterocycles. The van der Waals surface area contributed by atoms with E-state index in [1.165, 1.54) is 11.3 Å². The molecule has 0 atom stereocenters. The van der Waals surface area contributed by atoms with E-state index < -0.39 is 5.91 Å². The van der Waals surface area contributed by atoms with Crippen LogP contribution in [0, 0.1) is 6.92 Å². The van der Waals surface area contributed by atoms with Crippen molar-refractivity contribution in [1.29, 1.82) is 0 Å². The highest BCUT2D eigenvalue weighted by molar-refractivity contribution is 7.14. The van der Waals surface area contributed by atoms with Crippen molar-refractivity contribution in [3.63, 3.8) is 0 Å². The minimum Gasteiger partial charge on any atom is -0.346 e. The lowest BCUT2D eigenvalue weighted by Crippen LogP contribution is -2.24.